The number of para-hydroxylation sites is 2. The summed E-state index contributed by atoms with van der Waals surface area (Å²) in [5.74, 6) is -1.12. The van der Waals surface area contributed by atoms with Gasteiger partial charge in [-0.25, -0.2) is 9.59 Å². The van der Waals surface area contributed by atoms with Gasteiger partial charge < -0.3 is 20.8 Å². The predicted octanol–water partition coefficient (Wildman–Crippen LogP) is 3.08. The van der Waals surface area contributed by atoms with Crippen LogP contribution in [0.4, 0.5) is 16.2 Å². The molecule has 0 aliphatic carbocycles. The number of aromatic carboxylic acids is 1. The van der Waals surface area contributed by atoms with Gasteiger partial charge in [-0.2, -0.15) is 0 Å². The van der Waals surface area contributed by atoms with Gasteiger partial charge in [0, 0.05) is 11.3 Å². The van der Waals surface area contributed by atoms with Crippen LogP contribution in [0.5, 0.6) is 0 Å². The molecule has 2 aromatic carbocycles. The SMILES string of the molecule is CC(O)c1ccccc1NC(=O)Nc1ccccc1C(=O)O. The lowest BCUT2D eigenvalue weighted by molar-refractivity contribution is 0.0698. The number of aliphatic hydroxyl groups excluding tert-OH is 1. The summed E-state index contributed by atoms with van der Waals surface area (Å²) in [7, 11) is 0. The summed E-state index contributed by atoms with van der Waals surface area (Å²) < 4.78 is 0. The summed E-state index contributed by atoms with van der Waals surface area (Å²) in [5.41, 5.74) is 1.23. The van der Waals surface area contributed by atoms with Crippen LogP contribution in [-0.4, -0.2) is 22.2 Å². The van der Waals surface area contributed by atoms with E-state index in [9.17, 15) is 14.7 Å². The van der Waals surface area contributed by atoms with Gasteiger partial charge in [-0.1, -0.05) is 30.3 Å². The number of carboxylic acids is 1. The molecule has 22 heavy (non-hydrogen) atoms. The van der Waals surface area contributed by atoms with Crippen molar-refractivity contribution in [3.8, 4) is 0 Å². The summed E-state index contributed by atoms with van der Waals surface area (Å²) in [6, 6.07) is 12.4. The molecule has 0 saturated carbocycles. The van der Waals surface area contributed by atoms with E-state index in [1.807, 2.05) is 0 Å². The molecule has 0 bridgehead atoms. The van der Waals surface area contributed by atoms with Crippen LogP contribution in [0.25, 0.3) is 0 Å². The maximum atomic E-state index is 12.0. The monoisotopic (exact) mass is 300 g/mol. The molecule has 0 aliphatic heterocycles. The highest BCUT2D eigenvalue weighted by Gasteiger charge is 2.13. The number of hydrogen-bond donors (Lipinski definition) is 4. The minimum atomic E-state index is -1.12. The first-order valence-electron chi connectivity index (χ1n) is 6.66. The average molecular weight is 300 g/mol. The quantitative estimate of drug-likeness (QED) is 0.697. The molecule has 6 heteroatoms. The molecule has 2 amide bonds. The molecule has 1 unspecified atom stereocenters. The molecule has 0 aliphatic rings. The van der Waals surface area contributed by atoms with Gasteiger partial charge in [-0.3, -0.25) is 0 Å². The van der Waals surface area contributed by atoms with Crippen molar-refractivity contribution in [1.82, 2.24) is 0 Å². The molecule has 4 N–H and O–H groups in total. The van der Waals surface area contributed by atoms with Gasteiger partial charge in [0.1, 0.15) is 0 Å². The van der Waals surface area contributed by atoms with Crippen LogP contribution in [0.3, 0.4) is 0 Å². The minimum Gasteiger partial charge on any atom is -0.478 e. The number of amides is 2. The highest BCUT2D eigenvalue weighted by Crippen LogP contribution is 2.22. The Morgan fingerprint density at radius 3 is 2.14 bits per heavy atom. The predicted molar refractivity (Wildman–Crippen MR) is 83.1 cm³/mol. The number of nitrogens with one attached hydrogen (secondary N) is 2. The zero-order chi connectivity index (χ0) is 16.1. The third kappa shape index (κ3) is 3.62. The second kappa shape index (κ2) is 6.73. The summed E-state index contributed by atoms with van der Waals surface area (Å²) >= 11 is 0. The average Bonchev–Trinajstić information content (AvgIpc) is 2.47. The Bertz CT molecular complexity index is 698. The smallest absolute Gasteiger partial charge is 0.337 e. The normalized spacial score (nSPS) is 11.5. The number of benzene rings is 2. The molecule has 0 aromatic heterocycles. The lowest BCUT2D eigenvalue weighted by Crippen LogP contribution is -2.22. The molecule has 0 radical (unpaired) electrons. The molecule has 114 valence electrons. The van der Waals surface area contributed by atoms with Crippen molar-refractivity contribution in [3.05, 3.63) is 59.7 Å². The highest BCUT2D eigenvalue weighted by atomic mass is 16.4. The van der Waals surface area contributed by atoms with Gasteiger partial charge in [0.05, 0.1) is 17.4 Å². The van der Waals surface area contributed by atoms with Gasteiger partial charge in [-0.05, 0) is 25.1 Å². The third-order valence-electron chi connectivity index (χ3n) is 3.06. The second-order valence-corrected chi connectivity index (χ2v) is 4.69. The molecule has 0 fully saturated rings. The van der Waals surface area contributed by atoms with Crippen molar-refractivity contribution in [3.63, 3.8) is 0 Å². The van der Waals surface area contributed by atoms with Gasteiger partial charge >= 0.3 is 12.0 Å². The number of carbonyl (C=O) groups excluding carboxylic acids is 1. The van der Waals surface area contributed by atoms with Crippen LogP contribution in [0.2, 0.25) is 0 Å². The number of anilines is 2. The Kier molecular flexibility index (Phi) is 4.75. The number of carbonyl (C=O) groups is 2. The van der Waals surface area contributed by atoms with Crippen molar-refractivity contribution in [1.29, 1.82) is 0 Å². The van der Waals surface area contributed by atoms with E-state index in [0.717, 1.165) is 0 Å². The first-order chi connectivity index (χ1) is 10.5. The largest absolute Gasteiger partial charge is 0.478 e. The van der Waals surface area contributed by atoms with Crippen molar-refractivity contribution < 1.29 is 19.8 Å². The maximum Gasteiger partial charge on any atom is 0.337 e. The zero-order valence-electron chi connectivity index (χ0n) is 11.9. The molecular formula is C16H16N2O4. The van der Waals surface area contributed by atoms with E-state index >= 15 is 0 Å². The van der Waals surface area contributed by atoms with Crippen molar-refractivity contribution in [2.24, 2.45) is 0 Å². The van der Waals surface area contributed by atoms with Crippen molar-refractivity contribution >= 4 is 23.4 Å². The molecule has 1 atom stereocenters. The number of carboxylic acid groups (broad SMARTS) is 1. The van der Waals surface area contributed by atoms with Gasteiger partial charge in [0.2, 0.25) is 0 Å². The molecule has 2 aromatic rings. The molecule has 0 saturated heterocycles. The first kappa shape index (κ1) is 15.5. The highest BCUT2D eigenvalue weighted by molar-refractivity contribution is 6.04. The number of urea groups is 1. The third-order valence-corrected chi connectivity index (χ3v) is 3.06. The van der Waals surface area contributed by atoms with E-state index in [1.165, 1.54) is 12.1 Å². The van der Waals surface area contributed by atoms with Crippen LogP contribution in [-0.2, 0) is 0 Å². The Morgan fingerprint density at radius 1 is 0.955 bits per heavy atom. The maximum absolute atomic E-state index is 12.0. The summed E-state index contributed by atoms with van der Waals surface area (Å²) in [4.78, 5) is 23.1. The standard InChI is InChI=1S/C16H16N2O4/c1-10(19)11-6-2-4-8-13(11)17-16(22)18-14-9-5-3-7-12(14)15(20)21/h2-10,19H,1H3,(H,20,21)(H2,17,18,22). The Hall–Kier alpha value is -2.86. The van der Waals surface area contributed by atoms with E-state index in [2.05, 4.69) is 10.6 Å². The van der Waals surface area contributed by atoms with Crippen LogP contribution in [0.15, 0.2) is 48.5 Å². The Morgan fingerprint density at radius 2 is 1.50 bits per heavy atom. The molecule has 0 heterocycles. The van der Waals surface area contributed by atoms with E-state index in [4.69, 9.17) is 5.11 Å². The lowest BCUT2D eigenvalue weighted by Gasteiger charge is -2.14. The molecule has 0 spiro atoms. The fourth-order valence-electron chi connectivity index (χ4n) is 2.03. The minimum absolute atomic E-state index is 0.00135. The number of rotatable bonds is 4. The van der Waals surface area contributed by atoms with E-state index in [1.54, 1.807) is 43.3 Å². The van der Waals surface area contributed by atoms with E-state index in [-0.39, 0.29) is 11.3 Å². The Labute approximate surface area is 127 Å². The van der Waals surface area contributed by atoms with Gasteiger partial charge in [0.25, 0.3) is 0 Å². The van der Waals surface area contributed by atoms with Crippen LogP contribution >= 0.6 is 0 Å². The van der Waals surface area contributed by atoms with Gasteiger partial charge in [-0.15, -0.1) is 0 Å². The topological polar surface area (TPSA) is 98.7 Å². The summed E-state index contributed by atoms with van der Waals surface area (Å²) in [6.45, 7) is 1.60. The van der Waals surface area contributed by atoms with Crippen molar-refractivity contribution in [2.75, 3.05) is 10.6 Å². The van der Waals surface area contributed by atoms with Gasteiger partial charge in [0.15, 0.2) is 0 Å². The van der Waals surface area contributed by atoms with Crippen LogP contribution in [0.1, 0.15) is 28.9 Å². The van der Waals surface area contributed by atoms with Crippen molar-refractivity contribution in [2.45, 2.75) is 13.0 Å². The number of aliphatic hydroxyl groups is 1. The molecule has 6 nitrogen and oxygen atoms in total. The lowest BCUT2D eigenvalue weighted by atomic mass is 10.1. The summed E-state index contributed by atoms with van der Waals surface area (Å²) in [5, 5.41) is 23.9. The fraction of sp³-hybridized carbons (Fsp3) is 0.125. The molecular weight excluding hydrogens is 284 g/mol. The fourth-order valence-corrected chi connectivity index (χ4v) is 2.03. The summed E-state index contributed by atoms with van der Waals surface area (Å²) in [6.07, 6.45) is -0.734. The van der Waals surface area contributed by atoms with E-state index in [0.29, 0.717) is 11.3 Å². The van der Waals surface area contributed by atoms with Crippen LogP contribution in [0, 0.1) is 0 Å². The van der Waals surface area contributed by atoms with Crippen LogP contribution < -0.4 is 10.6 Å². The Balaban J connectivity index is 2.17. The first-order valence-corrected chi connectivity index (χ1v) is 6.66. The second-order valence-electron chi connectivity index (χ2n) is 4.69. The molecule has 2 rings (SSSR count). The van der Waals surface area contributed by atoms with E-state index < -0.39 is 18.1 Å². The zero-order valence-corrected chi connectivity index (χ0v) is 11.9. The number of hydrogen-bond acceptors (Lipinski definition) is 3.